The molecule has 0 radical (unpaired) electrons. The molecule has 2 aliphatic rings. The van der Waals surface area contributed by atoms with Crippen molar-refractivity contribution in [2.24, 2.45) is 0 Å². The Hall–Kier alpha value is -2.60. The summed E-state index contributed by atoms with van der Waals surface area (Å²) in [6.45, 7) is 1.95. The Morgan fingerprint density at radius 3 is 2.33 bits per heavy atom. The molecule has 0 atom stereocenters. The van der Waals surface area contributed by atoms with Crippen molar-refractivity contribution < 1.29 is 13.2 Å². The van der Waals surface area contributed by atoms with Crippen molar-refractivity contribution in [3.05, 3.63) is 59.2 Å². The minimum absolute atomic E-state index is 0.0389. The van der Waals surface area contributed by atoms with Crippen LogP contribution in [-0.2, 0) is 14.8 Å². The summed E-state index contributed by atoms with van der Waals surface area (Å²) in [5, 5.41) is 0. The normalized spacial score (nSPS) is 16.8. The van der Waals surface area contributed by atoms with E-state index < -0.39 is 10.0 Å². The number of sulfonamides is 1. The summed E-state index contributed by atoms with van der Waals surface area (Å²) in [5.41, 5.74) is 4.91. The van der Waals surface area contributed by atoms with Crippen molar-refractivity contribution in [1.82, 2.24) is 0 Å². The largest absolute Gasteiger partial charge is 0.311 e. The minimum atomic E-state index is -3.73. The van der Waals surface area contributed by atoms with Crippen molar-refractivity contribution >= 4 is 32.9 Å². The van der Waals surface area contributed by atoms with Gasteiger partial charge >= 0.3 is 0 Å². The molecular formula is C21H22N2O3S. The number of anilines is 2. The number of likely N-dealkylation sites (N-methyl/N-ethyl adjacent to an activating group) is 1. The minimum Gasteiger partial charge on any atom is -0.311 e. The molecule has 4 rings (SSSR count). The van der Waals surface area contributed by atoms with Gasteiger partial charge in [0.25, 0.3) is 15.9 Å². The van der Waals surface area contributed by atoms with Crippen LogP contribution in [0.1, 0.15) is 36.8 Å². The van der Waals surface area contributed by atoms with E-state index in [2.05, 4.69) is 4.72 Å². The summed E-state index contributed by atoms with van der Waals surface area (Å²) in [6, 6.07) is 12.1. The lowest BCUT2D eigenvalue weighted by Gasteiger charge is -2.11. The van der Waals surface area contributed by atoms with Gasteiger partial charge in [-0.2, -0.15) is 0 Å². The predicted octanol–water partition coefficient (Wildman–Crippen LogP) is 4.10. The van der Waals surface area contributed by atoms with Crippen LogP contribution in [0.3, 0.4) is 0 Å². The van der Waals surface area contributed by atoms with Crippen LogP contribution in [0.15, 0.2) is 52.9 Å². The molecule has 1 fully saturated rings. The molecule has 1 amide bonds. The van der Waals surface area contributed by atoms with E-state index in [-0.39, 0.29) is 10.8 Å². The first-order valence-corrected chi connectivity index (χ1v) is 10.6. The molecule has 140 valence electrons. The Morgan fingerprint density at radius 2 is 1.67 bits per heavy atom. The zero-order chi connectivity index (χ0) is 19.2. The topological polar surface area (TPSA) is 66.5 Å². The number of hydrogen-bond donors (Lipinski definition) is 1. The van der Waals surface area contributed by atoms with Gasteiger partial charge in [-0.05, 0) is 62.9 Å². The van der Waals surface area contributed by atoms with Gasteiger partial charge in [0.2, 0.25) is 0 Å². The maximum atomic E-state index is 12.9. The monoisotopic (exact) mass is 382 g/mol. The molecule has 0 aromatic heterocycles. The molecule has 0 spiro atoms. The number of nitrogens with zero attached hydrogens (tertiary/aromatic N) is 1. The molecule has 1 aliphatic heterocycles. The molecule has 6 heteroatoms. The summed E-state index contributed by atoms with van der Waals surface area (Å²) in [4.78, 5) is 14.5. The SMILES string of the molecule is Cc1ccc(NS(=O)(=O)c2ccc3c(c2)C(=C2CCCC2)C(=O)N3C)cc1. The highest BCUT2D eigenvalue weighted by Gasteiger charge is 2.34. The van der Waals surface area contributed by atoms with E-state index in [4.69, 9.17) is 0 Å². The smallest absolute Gasteiger partial charge is 0.261 e. The van der Waals surface area contributed by atoms with Gasteiger partial charge in [-0.3, -0.25) is 9.52 Å². The van der Waals surface area contributed by atoms with E-state index in [1.165, 1.54) is 0 Å². The van der Waals surface area contributed by atoms with E-state index in [0.717, 1.165) is 48.1 Å². The van der Waals surface area contributed by atoms with E-state index >= 15 is 0 Å². The number of benzene rings is 2. The maximum Gasteiger partial charge on any atom is 0.261 e. The zero-order valence-corrected chi connectivity index (χ0v) is 16.3. The first kappa shape index (κ1) is 17.8. The lowest BCUT2D eigenvalue weighted by molar-refractivity contribution is -0.112. The second kappa shape index (κ2) is 6.53. The van der Waals surface area contributed by atoms with E-state index in [0.29, 0.717) is 11.3 Å². The maximum absolute atomic E-state index is 12.9. The third kappa shape index (κ3) is 3.14. The van der Waals surface area contributed by atoms with E-state index in [9.17, 15) is 13.2 Å². The summed E-state index contributed by atoms with van der Waals surface area (Å²) in [5.74, 6) is -0.0389. The lowest BCUT2D eigenvalue weighted by Crippen LogP contribution is -2.20. The molecule has 0 saturated heterocycles. The highest BCUT2D eigenvalue weighted by atomic mass is 32.2. The summed E-state index contributed by atoms with van der Waals surface area (Å²) >= 11 is 0. The first-order chi connectivity index (χ1) is 12.9. The fraction of sp³-hybridized carbons (Fsp3) is 0.286. The second-order valence-electron chi connectivity index (χ2n) is 7.20. The highest BCUT2D eigenvalue weighted by Crippen LogP contribution is 2.42. The number of nitrogens with one attached hydrogen (secondary N) is 1. The van der Waals surface area contributed by atoms with Gasteiger partial charge < -0.3 is 4.90 Å². The number of carbonyl (C=O) groups is 1. The Morgan fingerprint density at radius 1 is 1.00 bits per heavy atom. The molecule has 0 unspecified atom stereocenters. The van der Waals surface area contributed by atoms with Gasteiger partial charge in [0.15, 0.2) is 0 Å². The van der Waals surface area contributed by atoms with Gasteiger partial charge in [0, 0.05) is 23.9 Å². The number of fused-ring (bicyclic) bond motifs is 1. The molecule has 1 heterocycles. The number of rotatable bonds is 3. The number of amides is 1. The van der Waals surface area contributed by atoms with Crippen LogP contribution in [0.25, 0.3) is 5.57 Å². The van der Waals surface area contributed by atoms with Crippen LogP contribution in [0, 0.1) is 6.92 Å². The molecule has 1 saturated carbocycles. The van der Waals surface area contributed by atoms with E-state index in [1.807, 2.05) is 19.1 Å². The van der Waals surface area contributed by atoms with Crippen LogP contribution >= 0.6 is 0 Å². The molecule has 27 heavy (non-hydrogen) atoms. The molecular weight excluding hydrogens is 360 g/mol. The molecule has 2 aromatic carbocycles. The van der Waals surface area contributed by atoms with Crippen molar-refractivity contribution in [1.29, 1.82) is 0 Å². The fourth-order valence-electron chi connectivity index (χ4n) is 3.80. The Labute approximate surface area is 159 Å². The quantitative estimate of drug-likeness (QED) is 0.813. The fourth-order valence-corrected chi connectivity index (χ4v) is 4.88. The number of hydrogen-bond acceptors (Lipinski definition) is 3. The molecule has 0 bridgehead atoms. The predicted molar refractivity (Wildman–Crippen MR) is 107 cm³/mol. The van der Waals surface area contributed by atoms with Crippen LogP contribution in [0.5, 0.6) is 0 Å². The first-order valence-electron chi connectivity index (χ1n) is 9.11. The van der Waals surface area contributed by atoms with Crippen molar-refractivity contribution in [3.63, 3.8) is 0 Å². The average Bonchev–Trinajstić information content (AvgIpc) is 3.24. The van der Waals surface area contributed by atoms with Crippen LogP contribution in [0.2, 0.25) is 0 Å². The number of allylic oxidation sites excluding steroid dienone is 1. The molecule has 2 aromatic rings. The number of carbonyl (C=O) groups excluding carboxylic acids is 1. The Balaban J connectivity index is 1.75. The third-order valence-corrected chi connectivity index (χ3v) is 6.67. The summed E-state index contributed by atoms with van der Waals surface area (Å²) < 4.78 is 28.3. The summed E-state index contributed by atoms with van der Waals surface area (Å²) in [6.07, 6.45) is 3.98. The third-order valence-electron chi connectivity index (χ3n) is 5.29. The average molecular weight is 382 g/mol. The zero-order valence-electron chi connectivity index (χ0n) is 15.5. The standard InChI is InChI=1S/C21H22N2O3S/c1-14-7-9-16(10-8-14)22-27(25,26)17-11-12-19-18(13-17)20(21(24)23(19)2)15-5-3-4-6-15/h7-13,22H,3-6H2,1-2H3. The Bertz CT molecular complexity index is 1050. The lowest BCUT2D eigenvalue weighted by atomic mass is 10.00. The Kier molecular flexibility index (Phi) is 4.30. The van der Waals surface area contributed by atoms with Gasteiger partial charge in [0.1, 0.15) is 0 Å². The van der Waals surface area contributed by atoms with Gasteiger partial charge in [-0.1, -0.05) is 23.3 Å². The van der Waals surface area contributed by atoms with E-state index in [1.54, 1.807) is 42.3 Å². The highest BCUT2D eigenvalue weighted by molar-refractivity contribution is 7.92. The van der Waals surface area contributed by atoms with Gasteiger partial charge in [0.05, 0.1) is 10.6 Å². The van der Waals surface area contributed by atoms with Crippen LogP contribution < -0.4 is 9.62 Å². The van der Waals surface area contributed by atoms with Crippen molar-refractivity contribution in [2.45, 2.75) is 37.5 Å². The number of aryl methyl sites for hydroxylation is 1. The molecule has 5 nitrogen and oxygen atoms in total. The molecule has 1 aliphatic carbocycles. The van der Waals surface area contributed by atoms with Gasteiger partial charge in [-0.25, -0.2) is 8.42 Å². The molecule has 1 N–H and O–H groups in total. The second-order valence-corrected chi connectivity index (χ2v) is 8.88. The van der Waals surface area contributed by atoms with Gasteiger partial charge in [-0.15, -0.1) is 0 Å². The van der Waals surface area contributed by atoms with Crippen molar-refractivity contribution in [3.8, 4) is 0 Å². The van der Waals surface area contributed by atoms with Crippen LogP contribution in [0.4, 0.5) is 11.4 Å². The van der Waals surface area contributed by atoms with Crippen LogP contribution in [-0.4, -0.2) is 21.4 Å². The summed E-state index contributed by atoms with van der Waals surface area (Å²) in [7, 11) is -1.99. The van der Waals surface area contributed by atoms with Crippen molar-refractivity contribution in [2.75, 3.05) is 16.7 Å².